The molecule has 0 aromatic heterocycles. The maximum absolute atomic E-state index is 11.9. The molecule has 0 aliphatic carbocycles. The summed E-state index contributed by atoms with van der Waals surface area (Å²) in [6.45, 7) is 6.70. The predicted molar refractivity (Wildman–Crippen MR) is 84.1 cm³/mol. The molecule has 4 heteroatoms. The highest BCUT2D eigenvalue weighted by Crippen LogP contribution is 2.16. The van der Waals surface area contributed by atoms with Gasteiger partial charge < -0.3 is 10.4 Å². The van der Waals surface area contributed by atoms with Crippen LogP contribution >= 0.6 is 0 Å². The third-order valence-corrected chi connectivity index (χ3v) is 4.35. The van der Waals surface area contributed by atoms with E-state index in [4.69, 9.17) is 0 Å². The highest BCUT2D eigenvalue weighted by atomic mass is 16.3. The number of hydrogen-bond donors (Lipinski definition) is 2. The minimum absolute atomic E-state index is 0.0466. The van der Waals surface area contributed by atoms with Gasteiger partial charge in [0.1, 0.15) is 0 Å². The maximum Gasteiger partial charge on any atom is 0.234 e. The normalized spacial score (nSPS) is 23.0. The molecule has 0 radical (unpaired) electrons. The zero-order valence-electron chi connectivity index (χ0n) is 13.0. The SMILES string of the molecule is Cc1ccccc1CCNC(=O)CN1CCC(C)C(O)C1. The second-order valence-electron chi connectivity index (χ2n) is 6.09. The van der Waals surface area contributed by atoms with Crippen LogP contribution in [0.15, 0.2) is 24.3 Å². The zero-order valence-corrected chi connectivity index (χ0v) is 13.0. The maximum atomic E-state index is 11.9. The van der Waals surface area contributed by atoms with Crippen molar-refractivity contribution in [3.63, 3.8) is 0 Å². The third kappa shape index (κ3) is 4.83. The molecule has 0 saturated carbocycles. The third-order valence-electron chi connectivity index (χ3n) is 4.35. The summed E-state index contributed by atoms with van der Waals surface area (Å²) >= 11 is 0. The number of carbonyl (C=O) groups is 1. The lowest BCUT2D eigenvalue weighted by Gasteiger charge is -2.33. The van der Waals surface area contributed by atoms with Gasteiger partial charge in [-0.2, -0.15) is 0 Å². The Morgan fingerprint density at radius 1 is 1.43 bits per heavy atom. The molecule has 1 heterocycles. The van der Waals surface area contributed by atoms with Gasteiger partial charge in [-0.1, -0.05) is 31.2 Å². The van der Waals surface area contributed by atoms with Crippen molar-refractivity contribution in [2.75, 3.05) is 26.2 Å². The summed E-state index contributed by atoms with van der Waals surface area (Å²) < 4.78 is 0. The molecule has 21 heavy (non-hydrogen) atoms. The van der Waals surface area contributed by atoms with Crippen molar-refractivity contribution < 1.29 is 9.90 Å². The van der Waals surface area contributed by atoms with Gasteiger partial charge >= 0.3 is 0 Å². The van der Waals surface area contributed by atoms with Crippen LogP contribution in [0.3, 0.4) is 0 Å². The minimum atomic E-state index is -0.307. The monoisotopic (exact) mass is 290 g/mol. The summed E-state index contributed by atoms with van der Waals surface area (Å²) in [5.41, 5.74) is 2.54. The van der Waals surface area contributed by atoms with Gasteiger partial charge in [-0.15, -0.1) is 0 Å². The molecule has 2 rings (SSSR count). The minimum Gasteiger partial charge on any atom is -0.392 e. The van der Waals surface area contributed by atoms with E-state index in [1.165, 1.54) is 11.1 Å². The fraction of sp³-hybridized carbons (Fsp3) is 0.588. The number of aliphatic hydroxyl groups is 1. The Kier molecular flexibility index (Phi) is 5.76. The number of β-amino-alcohol motifs (C(OH)–C–C–N with tert-alkyl or cyclic N) is 1. The number of rotatable bonds is 5. The number of nitrogens with zero attached hydrogens (tertiary/aromatic N) is 1. The number of aliphatic hydroxyl groups excluding tert-OH is 1. The first-order valence-corrected chi connectivity index (χ1v) is 7.78. The Labute approximate surface area is 127 Å². The number of piperidine rings is 1. The Balaban J connectivity index is 1.69. The molecule has 0 spiro atoms. The molecular weight excluding hydrogens is 264 g/mol. The van der Waals surface area contributed by atoms with Crippen LogP contribution in [0.2, 0.25) is 0 Å². The second kappa shape index (κ2) is 7.57. The van der Waals surface area contributed by atoms with E-state index in [0.29, 0.717) is 25.6 Å². The fourth-order valence-corrected chi connectivity index (χ4v) is 2.74. The number of likely N-dealkylation sites (tertiary alicyclic amines) is 1. The largest absolute Gasteiger partial charge is 0.392 e. The average molecular weight is 290 g/mol. The molecule has 1 aliphatic rings. The van der Waals surface area contributed by atoms with E-state index in [1.54, 1.807) is 0 Å². The van der Waals surface area contributed by atoms with Crippen LogP contribution in [-0.4, -0.2) is 48.2 Å². The highest BCUT2D eigenvalue weighted by molar-refractivity contribution is 5.78. The predicted octanol–water partition coefficient (Wildman–Crippen LogP) is 1.36. The van der Waals surface area contributed by atoms with Crippen LogP contribution in [0.5, 0.6) is 0 Å². The van der Waals surface area contributed by atoms with E-state index in [9.17, 15) is 9.90 Å². The van der Waals surface area contributed by atoms with E-state index in [1.807, 2.05) is 17.0 Å². The van der Waals surface area contributed by atoms with Gasteiger partial charge in [0.15, 0.2) is 0 Å². The molecule has 1 amide bonds. The van der Waals surface area contributed by atoms with Gasteiger partial charge in [0.25, 0.3) is 0 Å². The first-order chi connectivity index (χ1) is 10.1. The van der Waals surface area contributed by atoms with Crippen LogP contribution in [0, 0.1) is 12.8 Å². The van der Waals surface area contributed by atoms with Crippen LogP contribution < -0.4 is 5.32 Å². The first-order valence-electron chi connectivity index (χ1n) is 7.78. The van der Waals surface area contributed by atoms with Crippen molar-refractivity contribution in [3.05, 3.63) is 35.4 Å². The van der Waals surface area contributed by atoms with Crippen molar-refractivity contribution in [1.29, 1.82) is 0 Å². The van der Waals surface area contributed by atoms with Crippen LogP contribution in [0.4, 0.5) is 0 Å². The average Bonchev–Trinajstić information content (AvgIpc) is 2.45. The Morgan fingerprint density at radius 2 is 2.19 bits per heavy atom. The van der Waals surface area contributed by atoms with Crippen molar-refractivity contribution in [3.8, 4) is 0 Å². The number of aryl methyl sites for hydroxylation is 1. The smallest absolute Gasteiger partial charge is 0.234 e. The summed E-state index contributed by atoms with van der Waals surface area (Å²) in [7, 11) is 0. The van der Waals surface area contributed by atoms with Gasteiger partial charge in [-0.25, -0.2) is 0 Å². The lowest BCUT2D eigenvalue weighted by Crippen LogP contribution is -2.47. The molecule has 4 nitrogen and oxygen atoms in total. The number of amides is 1. The summed E-state index contributed by atoms with van der Waals surface area (Å²) in [6.07, 6.45) is 1.51. The standard InChI is InChI=1S/C17H26N2O2/c1-13-5-3-4-6-15(13)7-9-18-17(21)12-19-10-8-14(2)16(20)11-19/h3-6,14,16,20H,7-12H2,1-2H3,(H,18,21). The van der Waals surface area contributed by atoms with E-state index in [0.717, 1.165) is 19.4 Å². The first kappa shape index (κ1) is 16.0. The van der Waals surface area contributed by atoms with Gasteiger partial charge in [-0.3, -0.25) is 9.69 Å². The van der Waals surface area contributed by atoms with Crippen molar-refractivity contribution in [1.82, 2.24) is 10.2 Å². The summed E-state index contributed by atoms with van der Waals surface area (Å²) in [6, 6.07) is 8.25. The second-order valence-corrected chi connectivity index (χ2v) is 6.09. The Hall–Kier alpha value is -1.39. The van der Waals surface area contributed by atoms with Crippen molar-refractivity contribution in [2.24, 2.45) is 5.92 Å². The van der Waals surface area contributed by atoms with E-state index < -0.39 is 0 Å². The molecule has 2 atom stereocenters. The Morgan fingerprint density at radius 3 is 2.90 bits per heavy atom. The molecule has 2 unspecified atom stereocenters. The van der Waals surface area contributed by atoms with E-state index in [-0.39, 0.29) is 12.0 Å². The lowest BCUT2D eigenvalue weighted by molar-refractivity contribution is -0.123. The summed E-state index contributed by atoms with van der Waals surface area (Å²) in [5.74, 6) is 0.385. The van der Waals surface area contributed by atoms with E-state index >= 15 is 0 Å². The summed E-state index contributed by atoms with van der Waals surface area (Å²) in [4.78, 5) is 14.0. The molecule has 1 aromatic carbocycles. The summed E-state index contributed by atoms with van der Waals surface area (Å²) in [5, 5.41) is 12.8. The van der Waals surface area contributed by atoms with Crippen LogP contribution in [0.25, 0.3) is 0 Å². The number of benzene rings is 1. The number of nitrogens with one attached hydrogen (secondary N) is 1. The van der Waals surface area contributed by atoms with Gasteiger partial charge in [0, 0.05) is 13.1 Å². The fourth-order valence-electron chi connectivity index (χ4n) is 2.74. The van der Waals surface area contributed by atoms with Crippen LogP contribution in [-0.2, 0) is 11.2 Å². The molecule has 2 N–H and O–H groups in total. The molecule has 1 aliphatic heterocycles. The molecule has 116 valence electrons. The highest BCUT2D eigenvalue weighted by Gasteiger charge is 2.25. The van der Waals surface area contributed by atoms with Gasteiger partial charge in [-0.05, 0) is 43.4 Å². The quantitative estimate of drug-likeness (QED) is 0.861. The molecule has 0 bridgehead atoms. The molecular formula is C17H26N2O2. The Bertz CT molecular complexity index is 476. The van der Waals surface area contributed by atoms with E-state index in [2.05, 4.69) is 31.3 Å². The van der Waals surface area contributed by atoms with Gasteiger partial charge in [0.05, 0.1) is 12.6 Å². The molecule has 1 saturated heterocycles. The topological polar surface area (TPSA) is 52.6 Å². The van der Waals surface area contributed by atoms with Crippen molar-refractivity contribution >= 4 is 5.91 Å². The lowest BCUT2D eigenvalue weighted by atomic mass is 9.96. The molecule has 1 aromatic rings. The molecule has 1 fully saturated rings. The number of carbonyl (C=O) groups excluding carboxylic acids is 1. The van der Waals surface area contributed by atoms with Crippen LogP contribution in [0.1, 0.15) is 24.5 Å². The number of hydrogen-bond acceptors (Lipinski definition) is 3. The van der Waals surface area contributed by atoms with Crippen molar-refractivity contribution in [2.45, 2.75) is 32.8 Å². The zero-order chi connectivity index (χ0) is 15.2. The van der Waals surface area contributed by atoms with Gasteiger partial charge in [0.2, 0.25) is 5.91 Å².